The van der Waals surface area contributed by atoms with Gasteiger partial charge in [0.1, 0.15) is 24.7 Å². The van der Waals surface area contributed by atoms with E-state index in [0.29, 0.717) is 24.8 Å². The summed E-state index contributed by atoms with van der Waals surface area (Å²) in [6.07, 6.45) is 2.95. The van der Waals surface area contributed by atoms with Crippen molar-refractivity contribution >= 4 is 33.7 Å². The molecule has 0 spiro atoms. The van der Waals surface area contributed by atoms with Crippen LogP contribution in [0.1, 0.15) is 34.0 Å². The SMILES string of the molecule is Br.Cn1cccc1C(=O)OCCOc1ccc(C2CCNCC2OCc2ccc3ccccc3c2)cc1. The first kappa shape index (κ1) is 26.9. The Kier molecular flexibility index (Phi) is 9.39. The van der Waals surface area contributed by atoms with E-state index >= 15 is 0 Å². The third kappa shape index (κ3) is 6.80. The average molecular weight is 566 g/mol. The lowest BCUT2D eigenvalue weighted by atomic mass is 9.87. The Hall–Kier alpha value is -3.13. The zero-order chi connectivity index (χ0) is 24.7. The summed E-state index contributed by atoms with van der Waals surface area (Å²) >= 11 is 0. The third-order valence-corrected chi connectivity index (χ3v) is 6.75. The van der Waals surface area contributed by atoms with Gasteiger partial charge in [0, 0.05) is 25.7 Å². The first-order valence-electron chi connectivity index (χ1n) is 12.5. The van der Waals surface area contributed by atoms with E-state index in [0.717, 1.165) is 25.3 Å². The predicted molar refractivity (Wildman–Crippen MR) is 151 cm³/mol. The number of rotatable bonds is 9. The molecular weight excluding hydrogens is 532 g/mol. The highest BCUT2D eigenvalue weighted by molar-refractivity contribution is 8.93. The summed E-state index contributed by atoms with van der Waals surface area (Å²) in [7, 11) is 1.82. The number of nitrogens with zero attached hydrogens (tertiary/aromatic N) is 1. The molecule has 5 rings (SSSR count). The average Bonchev–Trinajstić information content (AvgIpc) is 3.36. The lowest BCUT2D eigenvalue weighted by Crippen LogP contribution is -2.40. The van der Waals surface area contributed by atoms with Crippen LogP contribution in [-0.4, -0.2) is 42.9 Å². The molecule has 2 unspecified atom stereocenters. The van der Waals surface area contributed by atoms with E-state index in [-0.39, 0.29) is 35.7 Å². The maximum absolute atomic E-state index is 12.1. The molecule has 1 fully saturated rings. The molecule has 7 heteroatoms. The molecule has 0 amide bonds. The molecular formula is C30H33BrN2O4. The second-order valence-corrected chi connectivity index (χ2v) is 9.19. The number of esters is 1. The molecule has 1 N–H and O–H groups in total. The predicted octanol–water partition coefficient (Wildman–Crippen LogP) is 5.65. The van der Waals surface area contributed by atoms with Gasteiger partial charge in [-0.25, -0.2) is 4.79 Å². The Bertz CT molecular complexity index is 1300. The van der Waals surface area contributed by atoms with Gasteiger partial charge in [0.05, 0.1) is 12.7 Å². The molecule has 37 heavy (non-hydrogen) atoms. The van der Waals surface area contributed by atoms with E-state index in [9.17, 15) is 4.79 Å². The number of fused-ring (bicyclic) bond motifs is 1. The molecule has 2 heterocycles. The van der Waals surface area contributed by atoms with Crippen molar-refractivity contribution < 1.29 is 19.0 Å². The van der Waals surface area contributed by atoms with E-state index in [1.54, 1.807) is 10.6 Å². The molecule has 194 valence electrons. The van der Waals surface area contributed by atoms with Gasteiger partial charge in [-0.05, 0) is 65.2 Å². The number of piperidine rings is 1. The smallest absolute Gasteiger partial charge is 0.355 e. The van der Waals surface area contributed by atoms with Gasteiger partial charge in [0.15, 0.2) is 0 Å². The number of carbonyl (C=O) groups excluding carboxylic acids is 1. The van der Waals surface area contributed by atoms with Crippen molar-refractivity contribution in [3.05, 3.63) is 102 Å². The van der Waals surface area contributed by atoms with E-state index in [4.69, 9.17) is 14.2 Å². The first-order valence-corrected chi connectivity index (χ1v) is 12.5. The number of aromatic nitrogens is 1. The quantitative estimate of drug-likeness (QED) is 0.210. The minimum atomic E-state index is -0.345. The number of benzene rings is 3. The summed E-state index contributed by atoms with van der Waals surface area (Å²) < 4.78 is 19.2. The zero-order valence-corrected chi connectivity index (χ0v) is 22.7. The molecule has 0 saturated carbocycles. The van der Waals surface area contributed by atoms with Crippen LogP contribution in [0.5, 0.6) is 5.75 Å². The first-order chi connectivity index (χ1) is 17.7. The third-order valence-electron chi connectivity index (χ3n) is 6.75. The second kappa shape index (κ2) is 12.9. The molecule has 1 aliphatic rings. The van der Waals surface area contributed by atoms with Gasteiger partial charge in [-0.3, -0.25) is 0 Å². The van der Waals surface area contributed by atoms with Crippen LogP contribution in [0, 0.1) is 0 Å². The van der Waals surface area contributed by atoms with Crippen LogP contribution in [0.15, 0.2) is 85.1 Å². The highest BCUT2D eigenvalue weighted by Crippen LogP contribution is 2.30. The van der Waals surface area contributed by atoms with Gasteiger partial charge in [-0.1, -0.05) is 48.5 Å². The fourth-order valence-corrected chi connectivity index (χ4v) is 4.77. The lowest BCUT2D eigenvalue weighted by Gasteiger charge is -2.32. The molecule has 0 radical (unpaired) electrons. The van der Waals surface area contributed by atoms with Crippen LogP contribution >= 0.6 is 17.0 Å². The van der Waals surface area contributed by atoms with Gasteiger partial charge in [-0.15, -0.1) is 17.0 Å². The fourth-order valence-electron chi connectivity index (χ4n) is 4.77. The largest absolute Gasteiger partial charge is 0.490 e. The highest BCUT2D eigenvalue weighted by atomic mass is 79.9. The Morgan fingerprint density at radius 3 is 2.57 bits per heavy atom. The van der Waals surface area contributed by atoms with Gasteiger partial charge >= 0.3 is 5.97 Å². The van der Waals surface area contributed by atoms with Crippen molar-refractivity contribution in [2.75, 3.05) is 26.3 Å². The van der Waals surface area contributed by atoms with E-state index in [1.165, 1.54) is 21.9 Å². The number of hydrogen-bond acceptors (Lipinski definition) is 5. The molecule has 6 nitrogen and oxygen atoms in total. The number of aryl methyl sites for hydroxylation is 1. The Labute approximate surface area is 228 Å². The Morgan fingerprint density at radius 1 is 0.973 bits per heavy atom. The Balaban J connectivity index is 0.00000320. The summed E-state index contributed by atoms with van der Waals surface area (Å²) in [6, 6.07) is 26.7. The molecule has 0 bridgehead atoms. The van der Waals surface area contributed by atoms with Crippen LogP contribution in [0.2, 0.25) is 0 Å². The van der Waals surface area contributed by atoms with Gasteiger partial charge in [0.25, 0.3) is 0 Å². The molecule has 4 aromatic rings. The number of ether oxygens (including phenoxy) is 3. The lowest BCUT2D eigenvalue weighted by molar-refractivity contribution is 0.0106. The van der Waals surface area contributed by atoms with E-state index in [2.05, 4.69) is 59.9 Å². The van der Waals surface area contributed by atoms with Crippen molar-refractivity contribution in [3.63, 3.8) is 0 Å². The van der Waals surface area contributed by atoms with Crippen LogP contribution in [0.4, 0.5) is 0 Å². The maximum Gasteiger partial charge on any atom is 0.355 e. The van der Waals surface area contributed by atoms with E-state index < -0.39 is 0 Å². The van der Waals surface area contributed by atoms with Gasteiger partial charge in [0.2, 0.25) is 0 Å². The van der Waals surface area contributed by atoms with Gasteiger partial charge < -0.3 is 24.1 Å². The van der Waals surface area contributed by atoms with Crippen LogP contribution in [-0.2, 0) is 23.1 Å². The summed E-state index contributed by atoms with van der Waals surface area (Å²) in [6.45, 7) is 2.91. The molecule has 2 atom stereocenters. The summed E-state index contributed by atoms with van der Waals surface area (Å²) in [5.74, 6) is 0.741. The van der Waals surface area contributed by atoms with Crippen molar-refractivity contribution in [1.82, 2.24) is 9.88 Å². The standard InChI is InChI=1S/C30H32N2O4.BrH/c1-32-16-4-7-28(32)30(33)35-18-17-34-26-12-10-24(11-13-26)27-14-15-31-20-29(27)36-21-22-8-9-23-5-2-3-6-25(23)19-22;/h2-13,16,19,27,29,31H,14-15,17-18,20-21H2,1H3;1H. The summed E-state index contributed by atoms with van der Waals surface area (Å²) in [4.78, 5) is 12.1. The van der Waals surface area contributed by atoms with E-state index in [1.807, 2.05) is 31.4 Å². The summed E-state index contributed by atoms with van der Waals surface area (Å²) in [5.41, 5.74) is 2.97. The minimum absolute atomic E-state index is 0. The normalized spacial score (nSPS) is 17.2. The molecule has 3 aromatic carbocycles. The highest BCUT2D eigenvalue weighted by Gasteiger charge is 2.27. The summed E-state index contributed by atoms with van der Waals surface area (Å²) in [5, 5.41) is 5.96. The number of nitrogens with one attached hydrogen (secondary N) is 1. The van der Waals surface area contributed by atoms with Crippen LogP contribution < -0.4 is 10.1 Å². The zero-order valence-electron chi connectivity index (χ0n) is 21.0. The molecule has 0 aliphatic carbocycles. The Morgan fingerprint density at radius 2 is 1.78 bits per heavy atom. The molecule has 1 aromatic heterocycles. The maximum atomic E-state index is 12.1. The fraction of sp³-hybridized carbons (Fsp3) is 0.300. The van der Waals surface area contributed by atoms with Crippen molar-refractivity contribution in [2.45, 2.75) is 25.0 Å². The number of carbonyl (C=O) groups is 1. The second-order valence-electron chi connectivity index (χ2n) is 9.19. The van der Waals surface area contributed by atoms with Crippen LogP contribution in [0.3, 0.4) is 0 Å². The van der Waals surface area contributed by atoms with Crippen molar-refractivity contribution in [1.29, 1.82) is 0 Å². The van der Waals surface area contributed by atoms with Crippen molar-refractivity contribution in [3.8, 4) is 5.75 Å². The molecule has 1 saturated heterocycles. The van der Waals surface area contributed by atoms with Crippen molar-refractivity contribution in [2.24, 2.45) is 7.05 Å². The minimum Gasteiger partial charge on any atom is -0.490 e. The number of hydrogen-bond donors (Lipinski definition) is 1. The monoisotopic (exact) mass is 564 g/mol. The number of halogens is 1. The van der Waals surface area contributed by atoms with Crippen LogP contribution in [0.25, 0.3) is 10.8 Å². The van der Waals surface area contributed by atoms with Gasteiger partial charge in [-0.2, -0.15) is 0 Å². The topological polar surface area (TPSA) is 61.7 Å². The molecule has 1 aliphatic heterocycles.